The van der Waals surface area contributed by atoms with Crippen molar-refractivity contribution < 1.29 is 17.1 Å². The van der Waals surface area contributed by atoms with Crippen molar-refractivity contribution in [2.45, 2.75) is 66.2 Å². The first-order valence-electron chi connectivity index (χ1n) is 4.83. The van der Waals surface area contributed by atoms with Crippen LogP contribution in [0.2, 0.25) is 0 Å². The normalized spacial score (nSPS) is 7.64. The summed E-state index contributed by atoms with van der Waals surface area (Å²) in [6.07, 6.45) is 8.15. The van der Waals surface area contributed by atoms with Crippen LogP contribution in [0.1, 0.15) is 66.2 Å². The van der Waals surface area contributed by atoms with Crippen LogP contribution in [0, 0.1) is 0 Å². The Balaban J connectivity index is -0.000000107. The predicted octanol–water partition coefficient (Wildman–Crippen LogP) is 4.39. The summed E-state index contributed by atoms with van der Waals surface area (Å²) in [6.45, 7) is 8.85. The molecule has 0 heterocycles. The van der Waals surface area contributed by atoms with E-state index in [4.69, 9.17) is 0 Å². The Morgan fingerprint density at radius 2 is 0.727 bits per heavy atom. The van der Waals surface area contributed by atoms with Crippen molar-refractivity contribution in [1.29, 1.82) is 0 Å². The van der Waals surface area contributed by atoms with Crippen LogP contribution in [0.25, 0.3) is 0 Å². The van der Waals surface area contributed by atoms with Crippen LogP contribution in [0.4, 0.5) is 0 Å². The molecule has 0 aromatic carbocycles. The third kappa shape index (κ3) is 37.4. The molecule has 0 aromatic rings. The van der Waals surface area contributed by atoms with Gasteiger partial charge in [-0.15, -0.1) is 0 Å². The molecule has 0 rings (SSSR count). The van der Waals surface area contributed by atoms with E-state index >= 15 is 0 Å². The molecule has 0 aliphatic rings. The Kier molecular flexibility index (Phi) is 35.8. The van der Waals surface area contributed by atoms with Crippen LogP contribution in [0.5, 0.6) is 0 Å². The minimum Gasteiger partial charge on any atom is -0.0654 e. The molecule has 0 aromatic heterocycles. The maximum Gasteiger partial charge on any atom is 0 e. The number of rotatable bonds is 4. The fourth-order valence-corrected chi connectivity index (χ4v) is 0.707. The molecule has 0 N–H and O–H groups in total. The molecule has 0 bridgehead atoms. The summed E-state index contributed by atoms with van der Waals surface area (Å²) in [5.41, 5.74) is 0. The summed E-state index contributed by atoms with van der Waals surface area (Å²) in [4.78, 5) is 0. The van der Waals surface area contributed by atoms with E-state index in [1.54, 1.807) is 0 Å². The second-order valence-electron chi connectivity index (χ2n) is 2.71. The van der Waals surface area contributed by atoms with Gasteiger partial charge in [-0.25, -0.2) is 0 Å². The largest absolute Gasteiger partial charge is 0.0654 e. The van der Waals surface area contributed by atoms with Crippen molar-refractivity contribution in [3.8, 4) is 0 Å². The van der Waals surface area contributed by atoms with Crippen molar-refractivity contribution in [2.75, 3.05) is 0 Å². The van der Waals surface area contributed by atoms with Gasteiger partial charge in [0.1, 0.15) is 0 Å². The van der Waals surface area contributed by atoms with Gasteiger partial charge < -0.3 is 0 Å². The summed E-state index contributed by atoms with van der Waals surface area (Å²) in [5, 5.41) is 0. The van der Waals surface area contributed by atoms with Crippen molar-refractivity contribution in [1.82, 2.24) is 0 Å². The molecular weight excluding hydrogens is 176 g/mol. The van der Waals surface area contributed by atoms with E-state index in [1.165, 1.54) is 38.5 Å². The van der Waals surface area contributed by atoms with Gasteiger partial charge in [0, 0.05) is 17.1 Å². The SMILES string of the molecule is CCCCC.CCCCC.[Fe]. The van der Waals surface area contributed by atoms with Gasteiger partial charge in [-0.05, 0) is 0 Å². The molecule has 0 unspecified atom stereocenters. The molecule has 1 heteroatoms. The summed E-state index contributed by atoms with van der Waals surface area (Å²) in [7, 11) is 0. The Hall–Kier alpha value is 0.519. The first kappa shape index (κ1) is 17.6. The monoisotopic (exact) mass is 200 g/mol. The van der Waals surface area contributed by atoms with E-state index < -0.39 is 0 Å². The molecular formula is C10H24Fe. The maximum atomic E-state index is 2.21. The minimum absolute atomic E-state index is 0. The molecule has 72 valence electrons. The van der Waals surface area contributed by atoms with Crippen LogP contribution in [0.15, 0.2) is 0 Å². The van der Waals surface area contributed by atoms with Crippen LogP contribution in [0.3, 0.4) is 0 Å². The molecule has 0 amide bonds. The third-order valence-electron chi connectivity index (χ3n) is 1.41. The number of hydrogen-bond acceptors (Lipinski definition) is 0. The Labute approximate surface area is 83.6 Å². The second kappa shape index (κ2) is 22.4. The molecule has 0 aliphatic carbocycles. The standard InChI is InChI=1S/2C5H12.Fe/c2*1-3-5-4-2;/h2*3-5H2,1-2H3;. The minimum atomic E-state index is 0. The fourth-order valence-electron chi connectivity index (χ4n) is 0.707. The Bertz CT molecular complexity index is 25.9. The van der Waals surface area contributed by atoms with E-state index in [0.717, 1.165) is 0 Å². The first-order chi connectivity index (χ1) is 4.83. The zero-order chi connectivity index (χ0) is 8.24. The van der Waals surface area contributed by atoms with E-state index in [1.807, 2.05) is 0 Å². The molecule has 0 aliphatic heterocycles. The van der Waals surface area contributed by atoms with Crippen LogP contribution < -0.4 is 0 Å². The molecule has 0 spiro atoms. The molecule has 0 radical (unpaired) electrons. The zero-order valence-corrected chi connectivity index (χ0v) is 9.70. The third-order valence-corrected chi connectivity index (χ3v) is 1.41. The second-order valence-corrected chi connectivity index (χ2v) is 2.71. The van der Waals surface area contributed by atoms with E-state index in [-0.39, 0.29) is 17.1 Å². The molecule has 0 saturated heterocycles. The van der Waals surface area contributed by atoms with Crippen molar-refractivity contribution in [2.24, 2.45) is 0 Å². The molecule has 0 fully saturated rings. The Morgan fingerprint density at radius 1 is 0.545 bits per heavy atom. The van der Waals surface area contributed by atoms with Crippen LogP contribution >= 0.6 is 0 Å². The molecule has 0 atom stereocenters. The van der Waals surface area contributed by atoms with Crippen LogP contribution in [-0.2, 0) is 17.1 Å². The topological polar surface area (TPSA) is 0 Å². The van der Waals surface area contributed by atoms with Gasteiger partial charge in [-0.3, -0.25) is 0 Å². The van der Waals surface area contributed by atoms with E-state index in [2.05, 4.69) is 27.7 Å². The van der Waals surface area contributed by atoms with Crippen molar-refractivity contribution in [3.63, 3.8) is 0 Å². The maximum absolute atomic E-state index is 2.21. The van der Waals surface area contributed by atoms with Crippen LogP contribution in [-0.4, -0.2) is 0 Å². The van der Waals surface area contributed by atoms with Gasteiger partial charge in [0.05, 0.1) is 0 Å². The number of unbranched alkanes of at least 4 members (excludes halogenated alkanes) is 4. The van der Waals surface area contributed by atoms with Gasteiger partial charge in [0.25, 0.3) is 0 Å². The smallest absolute Gasteiger partial charge is 0 e. The van der Waals surface area contributed by atoms with E-state index in [9.17, 15) is 0 Å². The quantitative estimate of drug-likeness (QED) is 0.590. The molecule has 11 heavy (non-hydrogen) atoms. The fraction of sp³-hybridized carbons (Fsp3) is 1.00. The average molecular weight is 200 g/mol. The van der Waals surface area contributed by atoms with Gasteiger partial charge in [0.15, 0.2) is 0 Å². The molecule has 0 saturated carbocycles. The summed E-state index contributed by atoms with van der Waals surface area (Å²) < 4.78 is 0. The van der Waals surface area contributed by atoms with Crippen molar-refractivity contribution >= 4 is 0 Å². The molecule has 0 nitrogen and oxygen atoms in total. The first-order valence-corrected chi connectivity index (χ1v) is 4.83. The zero-order valence-electron chi connectivity index (χ0n) is 8.60. The Morgan fingerprint density at radius 3 is 0.727 bits per heavy atom. The average Bonchev–Trinajstić information content (AvgIpc) is 1.93. The van der Waals surface area contributed by atoms with Gasteiger partial charge >= 0.3 is 0 Å². The van der Waals surface area contributed by atoms with Gasteiger partial charge in [0.2, 0.25) is 0 Å². The van der Waals surface area contributed by atoms with E-state index in [0.29, 0.717) is 0 Å². The predicted molar refractivity (Wildman–Crippen MR) is 50.4 cm³/mol. The van der Waals surface area contributed by atoms with Gasteiger partial charge in [-0.1, -0.05) is 66.2 Å². The summed E-state index contributed by atoms with van der Waals surface area (Å²) >= 11 is 0. The van der Waals surface area contributed by atoms with Gasteiger partial charge in [-0.2, -0.15) is 0 Å². The summed E-state index contributed by atoms with van der Waals surface area (Å²) in [6, 6.07) is 0. The number of hydrogen-bond donors (Lipinski definition) is 0. The summed E-state index contributed by atoms with van der Waals surface area (Å²) in [5.74, 6) is 0. The van der Waals surface area contributed by atoms with Crippen molar-refractivity contribution in [3.05, 3.63) is 0 Å².